The molecule has 0 amide bonds. The molecule has 0 aliphatic rings. The molecular formula is C17H28O2S. The summed E-state index contributed by atoms with van der Waals surface area (Å²) in [4.78, 5) is 10.3. The van der Waals surface area contributed by atoms with Crippen molar-refractivity contribution in [3.63, 3.8) is 0 Å². The molecule has 3 heteroatoms. The van der Waals surface area contributed by atoms with Crippen molar-refractivity contribution < 1.29 is 9.90 Å². The Morgan fingerprint density at radius 3 is 2.15 bits per heavy atom. The van der Waals surface area contributed by atoms with Crippen LogP contribution in [-0.4, -0.2) is 22.6 Å². The zero-order chi connectivity index (χ0) is 14.9. The topological polar surface area (TPSA) is 37.3 Å². The molecule has 2 nitrogen and oxygen atoms in total. The van der Waals surface area contributed by atoms with E-state index in [0.29, 0.717) is 0 Å². The molecule has 0 saturated heterocycles. The van der Waals surface area contributed by atoms with Gasteiger partial charge in [0.2, 0.25) is 0 Å². The van der Waals surface area contributed by atoms with E-state index >= 15 is 0 Å². The smallest absolute Gasteiger partial charge is 0.313 e. The first-order valence-electron chi connectivity index (χ1n) is 7.52. The monoisotopic (exact) mass is 296 g/mol. The van der Waals surface area contributed by atoms with Gasteiger partial charge >= 0.3 is 5.97 Å². The molecule has 0 heterocycles. The normalized spacial score (nSPS) is 12.1. The van der Waals surface area contributed by atoms with Gasteiger partial charge in [-0.1, -0.05) is 56.2 Å². The van der Waals surface area contributed by atoms with Crippen LogP contribution in [0.3, 0.4) is 0 Å². The average Bonchev–Trinajstić information content (AvgIpc) is 2.43. The maximum atomic E-state index is 10.3. The van der Waals surface area contributed by atoms with E-state index in [0.717, 1.165) is 25.0 Å². The molecule has 20 heavy (non-hydrogen) atoms. The minimum atomic E-state index is -0.732. The van der Waals surface area contributed by atoms with E-state index in [1.54, 1.807) is 0 Å². The van der Waals surface area contributed by atoms with Crippen molar-refractivity contribution in [3.8, 4) is 0 Å². The number of unbranched alkanes of at least 4 members (excludes halogenated alkanes) is 3. The van der Waals surface area contributed by atoms with Crippen LogP contribution in [0.2, 0.25) is 0 Å². The lowest BCUT2D eigenvalue weighted by Gasteiger charge is -1.93. The molecule has 114 valence electrons. The first-order valence-corrected chi connectivity index (χ1v) is 8.67. The quantitative estimate of drug-likeness (QED) is 0.374. The van der Waals surface area contributed by atoms with Gasteiger partial charge in [0.25, 0.3) is 0 Å². The highest BCUT2D eigenvalue weighted by atomic mass is 32.2. The van der Waals surface area contributed by atoms with Crippen molar-refractivity contribution in [2.24, 2.45) is 0 Å². The Labute approximate surface area is 128 Å². The molecule has 0 aromatic carbocycles. The van der Waals surface area contributed by atoms with Gasteiger partial charge in [-0.25, -0.2) is 0 Å². The summed E-state index contributed by atoms with van der Waals surface area (Å²) >= 11 is 1.47. The van der Waals surface area contributed by atoms with Crippen LogP contribution in [0.1, 0.15) is 51.9 Å². The van der Waals surface area contributed by atoms with Gasteiger partial charge in [-0.3, -0.25) is 4.79 Å². The van der Waals surface area contributed by atoms with E-state index in [9.17, 15) is 4.79 Å². The largest absolute Gasteiger partial charge is 0.481 e. The van der Waals surface area contributed by atoms with Crippen LogP contribution in [-0.2, 0) is 4.79 Å². The maximum absolute atomic E-state index is 10.3. The number of hydrogen-bond acceptors (Lipinski definition) is 2. The highest BCUT2D eigenvalue weighted by Crippen LogP contribution is 2.03. The van der Waals surface area contributed by atoms with E-state index in [4.69, 9.17) is 5.11 Å². The minimum Gasteiger partial charge on any atom is -0.481 e. The van der Waals surface area contributed by atoms with Crippen LogP contribution < -0.4 is 0 Å². The molecule has 0 saturated carbocycles. The van der Waals surface area contributed by atoms with Gasteiger partial charge in [-0.15, -0.1) is 11.8 Å². The summed E-state index contributed by atoms with van der Waals surface area (Å²) in [5, 5.41) is 8.46. The summed E-state index contributed by atoms with van der Waals surface area (Å²) in [5.41, 5.74) is 0. The summed E-state index contributed by atoms with van der Waals surface area (Å²) in [6.45, 7) is 2.23. The molecule has 1 N–H and O–H groups in total. The summed E-state index contributed by atoms with van der Waals surface area (Å²) < 4.78 is 0. The third-order valence-corrected chi connectivity index (χ3v) is 3.65. The molecule has 0 unspecified atom stereocenters. The fourth-order valence-corrected chi connectivity index (χ4v) is 2.22. The number of allylic oxidation sites excluding steroid dienone is 6. The summed E-state index contributed by atoms with van der Waals surface area (Å²) in [7, 11) is 0. The van der Waals surface area contributed by atoms with E-state index in [1.807, 2.05) is 0 Å². The number of carboxylic acid groups (broad SMARTS) is 1. The van der Waals surface area contributed by atoms with Crippen molar-refractivity contribution in [1.29, 1.82) is 0 Å². The molecule has 0 aromatic rings. The summed E-state index contributed by atoms with van der Waals surface area (Å²) in [5.74, 6) is 0.357. The lowest BCUT2D eigenvalue weighted by atomic mass is 10.2. The highest BCUT2D eigenvalue weighted by molar-refractivity contribution is 7.99. The fraction of sp³-hybridized carbons (Fsp3) is 0.588. The maximum Gasteiger partial charge on any atom is 0.313 e. The van der Waals surface area contributed by atoms with Crippen LogP contribution in [0.4, 0.5) is 0 Å². The first kappa shape index (κ1) is 19.0. The van der Waals surface area contributed by atoms with Crippen LogP contribution in [0.25, 0.3) is 0 Å². The number of aliphatic carboxylic acids is 1. The molecule has 0 fully saturated rings. The van der Waals surface area contributed by atoms with E-state index in [1.165, 1.54) is 37.4 Å². The zero-order valence-electron chi connectivity index (χ0n) is 12.6. The Hall–Kier alpha value is -0.960. The molecule has 0 aliphatic carbocycles. The van der Waals surface area contributed by atoms with Gasteiger partial charge in [-0.2, -0.15) is 0 Å². The molecule has 0 atom stereocenters. The standard InChI is InChI=1S/C17H28O2S/c1-2-3-4-5-6-7-8-9-10-11-12-13-14-15-20-16-17(18)19/h6-7,9-10,12-13H,2-5,8,11,14-16H2,1H3,(H,18,19). The van der Waals surface area contributed by atoms with Crippen molar-refractivity contribution in [2.45, 2.75) is 51.9 Å². The third-order valence-electron chi connectivity index (χ3n) is 2.67. The van der Waals surface area contributed by atoms with Crippen molar-refractivity contribution >= 4 is 17.7 Å². The van der Waals surface area contributed by atoms with Gasteiger partial charge in [0.05, 0.1) is 5.75 Å². The number of carbonyl (C=O) groups is 1. The Kier molecular flexibility index (Phi) is 15.3. The van der Waals surface area contributed by atoms with Gasteiger partial charge < -0.3 is 5.11 Å². The summed E-state index contributed by atoms with van der Waals surface area (Å²) in [6.07, 6.45) is 21.2. The fourth-order valence-electron chi connectivity index (χ4n) is 1.60. The Morgan fingerprint density at radius 2 is 1.55 bits per heavy atom. The summed E-state index contributed by atoms with van der Waals surface area (Å²) in [6, 6.07) is 0. The van der Waals surface area contributed by atoms with E-state index in [2.05, 4.69) is 43.4 Å². The van der Waals surface area contributed by atoms with Crippen molar-refractivity contribution in [3.05, 3.63) is 36.5 Å². The lowest BCUT2D eigenvalue weighted by molar-refractivity contribution is -0.133. The molecule has 0 aromatic heterocycles. The Balaban J connectivity index is 3.32. The molecule has 0 aliphatic heterocycles. The van der Waals surface area contributed by atoms with Crippen LogP contribution >= 0.6 is 11.8 Å². The predicted octanol–water partition coefficient (Wildman–Crippen LogP) is 5.22. The second-order valence-corrected chi connectivity index (χ2v) is 5.72. The zero-order valence-corrected chi connectivity index (χ0v) is 13.4. The van der Waals surface area contributed by atoms with Gasteiger partial charge in [0.1, 0.15) is 0 Å². The average molecular weight is 296 g/mol. The van der Waals surface area contributed by atoms with Crippen LogP contribution in [0, 0.1) is 0 Å². The number of carboxylic acids is 1. The molecule has 0 bridgehead atoms. The first-order chi connectivity index (χ1) is 9.77. The minimum absolute atomic E-state index is 0.207. The second kappa shape index (κ2) is 16.1. The number of rotatable bonds is 13. The molecule has 0 radical (unpaired) electrons. The van der Waals surface area contributed by atoms with Gasteiger partial charge in [0.15, 0.2) is 0 Å². The Morgan fingerprint density at radius 1 is 0.950 bits per heavy atom. The molecular weight excluding hydrogens is 268 g/mol. The van der Waals surface area contributed by atoms with Gasteiger partial charge in [0, 0.05) is 0 Å². The van der Waals surface area contributed by atoms with Gasteiger partial charge in [-0.05, 0) is 37.9 Å². The molecule has 0 rings (SSSR count). The highest BCUT2D eigenvalue weighted by Gasteiger charge is 1.94. The third kappa shape index (κ3) is 17.0. The number of hydrogen-bond donors (Lipinski definition) is 1. The lowest BCUT2D eigenvalue weighted by Crippen LogP contribution is -1.98. The van der Waals surface area contributed by atoms with Crippen molar-refractivity contribution in [1.82, 2.24) is 0 Å². The Bertz CT molecular complexity index is 306. The van der Waals surface area contributed by atoms with E-state index in [-0.39, 0.29) is 5.75 Å². The SMILES string of the molecule is CCCCCC=CCC=CCC=CCCSCC(=O)O. The van der Waals surface area contributed by atoms with Crippen LogP contribution in [0.5, 0.6) is 0 Å². The predicted molar refractivity (Wildman–Crippen MR) is 90.4 cm³/mol. The molecule has 0 spiro atoms. The van der Waals surface area contributed by atoms with Crippen molar-refractivity contribution in [2.75, 3.05) is 11.5 Å². The number of thioether (sulfide) groups is 1. The van der Waals surface area contributed by atoms with E-state index < -0.39 is 5.97 Å². The van der Waals surface area contributed by atoms with Crippen LogP contribution in [0.15, 0.2) is 36.5 Å². The second-order valence-electron chi connectivity index (χ2n) is 4.62.